The number of morpholine rings is 1. The Morgan fingerprint density at radius 2 is 1.82 bits per heavy atom. The van der Waals surface area contributed by atoms with Crippen LogP contribution in [0, 0.1) is 0 Å². The smallest absolute Gasteiger partial charge is 0.254 e. The van der Waals surface area contributed by atoms with Gasteiger partial charge in [-0.25, -0.2) is 0 Å². The van der Waals surface area contributed by atoms with Crippen LogP contribution in [0.15, 0.2) is 42.5 Å². The highest BCUT2D eigenvalue weighted by Gasteiger charge is 2.25. The van der Waals surface area contributed by atoms with Crippen molar-refractivity contribution in [1.82, 2.24) is 4.90 Å². The molecule has 2 aromatic rings. The Kier molecular flexibility index (Phi) is 7.15. The van der Waals surface area contributed by atoms with Crippen LogP contribution in [0.25, 0.3) is 0 Å². The van der Waals surface area contributed by atoms with E-state index in [0.29, 0.717) is 48.1 Å². The van der Waals surface area contributed by atoms with Crippen LogP contribution in [-0.4, -0.2) is 69.1 Å². The lowest BCUT2D eigenvalue weighted by molar-refractivity contribution is -0.117. The van der Waals surface area contributed by atoms with Gasteiger partial charge < -0.3 is 24.8 Å². The summed E-state index contributed by atoms with van der Waals surface area (Å²) in [7, 11) is 1.57. The molecule has 3 amide bonds. The van der Waals surface area contributed by atoms with Gasteiger partial charge in [0.25, 0.3) is 5.91 Å². The Morgan fingerprint density at radius 3 is 2.48 bits per heavy atom. The highest BCUT2D eigenvalue weighted by atomic mass is 35.5. The fourth-order valence-corrected chi connectivity index (χ4v) is 4.26. The van der Waals surface area contributed by atoms with Crippen LogP contribution >= 0.6 is 11.6 Å². The summed E-state index contributed by atoms with van der Waals surface area (Å²) in [6.07, 6.45) is 1.24. The monoisotopic (exact) mass is 470 g/mol. The van der Waals surface area contributed by atoms with Crippen LogP contribution in [0.5, 0.6) is 0 Å². The van der Waals surface area contributed by atoms with Crippen molar-refractivity contribution < 1.29 is 19.1 Å². The van der Waals surface area contributed by atoms with Gasteiger partial charge in [0.2, 0.25) is 11.8 Å². The maximum atomic E-state index is 12.9. The fraction of sp³-hybridized carbons (Fsp3) is 0.375. The molecule has 0 aromatic heterocycles. The normalized spacial score (nSPS) is 16.1. The summed E-state index contributed by atoms with van der Waals surface area (Å²) in [4.78, 5) is 42.7. The summed E-state index contributed by atoms with van der Waals surface area (Å²) in [6, 6.07) is 12.5. The van der Waals surface area contributed by atoms with Crippen LogP contribution in [0.1, 0.15) is 23.2 Å². The van der Waals surface area contributed by atoms with Crippen molar-refractivity contribution in [2.75, 3.05) is 61.6 Å². The number of ether oxygens (including phenoxy) is 1. The third-order valence-electron chi connectivity index (χ3n) is 5.81. The quantitative estimate of drug-likeness (QED) is 0.701. The first-order valence-corrected chi connectivity index (χ1v) is 11.4. The molecule has 33 heavy (non-hydrogen) atoms. The molecule has 4 rings (SSSR count). The lowest BCUT2D eigenvalue weighted by atomic mass is 10.1. The van der Waals surface area contributed by atoms with Gasteiger partial charge >= 0.3 is 0 Å². The second-order valence-corrected chi connectivity index (χ2v) is 8.58. The number of carbonyl (C=O) groups excluding carboxylic acids is 3. The number of benzene rings is 2. The van der Waals surface area contributed by atoms with Crippen LogP contribution < -0.4 is 15.1 Å². The number of nitrogens with zero attached hydrogens (tertiary/aromatic N) is 3. The number of likely N-dealkylation sites (N-methyl/N-ethyl adjacent to an activating group) is 1. The van der Waals surface area contributed by atoms with Gasteiger partial charge in [-0.1, -0.05) is 11.6 Å². The lowest BCUT2D eigenvalue weighted by Crippen LogP contribution is -2.36. The molecule has 2 aromatic carbocycles. The third-order valence-corrected chi connectivity index (χ3v) is 6.13. The van der Waals surface area contributed by atoms with E-state index in [1.807, 2.05) is 24.3 Å². The molecule has 9 heteroatoms. The molecule has 0 atom stereocenters. The molecule has 8 nitrogen and oxygen atoms in total. The van der Waals surface area contributed by atoms with Gasteiger partial charge in [0.05, 0.1) is 30.5 Å². The van der Waals surface area contributed by atoms with Crippen molar-refractivity contribution in [3.63, 3.8) is 0 Å². The second kappa shape index (κ2) is 10.2. The molecule has 0 saturated carbocycles. The Balaban J connectivity index is 1.36. The molecule has 0 bridgehead atoms. The zero-order chi connectivity index (χ0) is 23.4. The number of amides is 3. The SMILES string of the molecule is CN(CC(=O)Nc1ccc(N2CCOCC2)cc1)C(=O)c1ccc(Cl)c(N2CCCC2=O)c1. The first-order valence-electron chi connectivity index (χ1n) is 11.0. The summed E-state index contributed by atoms with van der Waals surface area (Å²) in [6.45, 7) is 3.59. The zero-order valence-corrected chi connectivity index (χ0v) is 19.3. The predicted octanol–water partition coefficient (Wildman–Crippen LogP) is 3.01. The van der Waals surface area contributed by atoms with E-state index in [-0.39, 0.29) is 24.3 Å². The van der Waals surface area contributed by atoms with E-state index in [0.717, 1.165) is 25.2 Å². The first kappa shape index (κ1) is 23.1. The highest BCUT2D eigenvalue weighted by Crippen LogP contribution is 2.30. The highest BCUT2D eigenvalue weighted by molar-refractivity contribution is 6.34. The molecule has 0 aliphatic carbocycles. The van der Waals surface area contributed by atoms with E-state index in [9.17, 15) is 14.4 Å². The molecule has 0 unspecified atom stereocenters. The predicted molar refractivity (Wildman–Crippen MR) is 128 cm³/mol. The molecule has 2 saturated heterocycles. The molecule has 2 aliphatic heterocycles. The largest absolute Gasteiger partial charge is 0.378 e. The molecule has 0 spiro atoms. The van der Waals surface area contributed by atoms with Crippen LogP contribution in [0.2, 0.25) is 5.02 Å². The van der Waals surface area contributed by atoms with Gasteiger partial charge in [-0.3, -0.25) is 14.4 Å². The van der Waals surface area contributed by atoms with Gasteiger partial charge in [-0.15, -0.1) is 0 Å². The van der Waals surface area contributed by atoms with Gasteiger partial charge in [-0.2, -0.15) is 0 Å². The second-order valence-electron chi connectivity index (χ2n) is 8.17. The van der Waals surface area contributed by atoms with E-state index in [2.05, 4.69) is 10.2 Å². The summed E-state index contributed by atoms with van der Waals surface area (Å²) in [5.41, 5.74) is 2.65. The molecular formula is C24H27ClN4O4. The minimum Gasteiger partial charge on any atom is -0.378 e. The van der Waals surface area contributed by atoms with Gasteiger partial charge in [0.1, 0.15) is 0 Å². The minimum atomic E-state index is -0.322. The van der Waals surface area contributed by atoms with E-state index in [4.69, 9.17) is 16.3 Å². The van der Waals surface area contributed by atoms with Crippen LogP contribution in [0.3, 0.4) is 0 Å². The van der Waals surface area contributed by atoms with E-state index in [1.54, 1.807) is 30.1 Å². The average Bonchev–Trinajstić information content (AvgIpc) is 3.25. The lowest BCUT2D eigenvalue weighted by Gasteiger charge is -2.28. The number of hydrogen-bond donors (Lipinski definition) is 1. The number of hydrogen-bond acceptors (Lipinski definition) is 5. The van der Waals surface area contributed by atoms with Crippen molar-refractivity contribution in [2.24, 2.45) is 0 Å². The first-order chi connectivity index (χ1) is 15.9. The molecule has 2 fully saturated rings. The summed E-state index contributed by atoms with van der Waals surface area (Å²) < 4.78 is 5.37. The summed E-state index contributed by atoms with van der Waals surface area (Å²) >= 11 is 6.27. The van der Waals surface area contributed by atoms with E-state index in [1.165, 1.54) is 4.90 Å². The van der Waals surface area contributed by atoms with Crippen LogP contribution in [0.4, 0.5) is 17.1 Å². The molecule has 2 aliphatic rings. The van der Waals surface area contributed by atoms with E-state index >= 15 is 0 Å². The van der Waals surface area contributed by atoms with Gasteiger partial charge in [0.15, 0.2) is 0 Å². The van der Waals surface area contributed by atoms with Crippen molar-refractivity contribution in [3.05, 3.63) is 53.1 Å². The maximum absolute atomic E-state index is 12.9. The number of carbonyl (C=O) groups is 3. The fourth-order valence-electron chi connectivity index (χ4n) is 4.04. The summed E-state index contributed by atoms with van der Waals surface area (Å²) in [5, 5.41) is 3.25. The zero-order valence-electron chi connectivity index (χ0n) is 18.6. The Bertz CT molecular complexity index is 1040. The van der Waals surface area contributed by atoms with Crippen LogP contribution in [-0.2, 0) is 14.3 Å². The number of nitrogens with one attached hydrogen (secondary N) is 1. The number of anilines is 3. The molecule has 1 N–H and O–H groups in total. The standard InChI is InChI=1S/C24H27ClN4O4/c1-27(24(32)17-4-9-20(25)21(15-17)29-10-2-3-23(29)31)16-22(30)26-18-5-7-19(8-6-18)28-11-13-33-14-12-28/h4-9,15H,2-3,10-14,16H2,1H3,(H,26,30). The summed E-state index contributed by atoms with van der Waals surface area (Å²) in [5.74, 6) is -0.625. The number of rotatable bonds is 6. The average molecular weight is 471 g/mol. The van der Waals surface area contributed by atoms with E-state index < -0.39 is 0 Å². The Hall–Kier alpha value is -3.10. The Labute approximate surface area is 198 Å². The number of halogens is 1. The molecular weight excluding hydrogens is 444 g/mol. The maximum Gasteiger partial charge on any atom is 0.254 e. The van der Waals surface area contributed by atoms with Gasteiger partial charge in [0, 0.05) is 50.0 Å². The van der Waals surface area contributed by atoms with Crippen molar-refractivity contribution in [1.29, 1.82) is 0 Å². The molecule has 0 radical (unpaired) electrons. The van der Waals surface area contributed by atoms with Gasteiger partial charge in [-0.05, 0) is 48.9 Å². The van der Waals surface area contributed by atoms with Crippen molar-refractivity contribution >= 4 is 46.4 Å². The third kappa shape index (κ3) is 5.46. The minimum absolute atomic E-state index is 0.00568. The topological polar surface area (TPSA) is 82.2 Å². The van der Waals surface area contributed by atoms with Crippen molar-refractivity contribution in [2.45, 2.75) is 12.8 Å². The van der Waals surface area contributed by atoms with Crippen molar-refractivity contribution in [3.8, 4) is 0 Å². The molecule has 2 heterocycles. The Morgan fingerprint density at radius 1 is 1.09 bits per heavy atom. The molecule has 174 valence electrons.